The highest BCUT2D eigenvalue weighted by Crippen LogP contribution is 2.18. The van der Waals surface area contributed by atoms with Crippen molar-refractivity contribution in [1.82, 2.24) is 10.2 Å². The average molecular weight is 415 g/mol. The Kier molecular flexibility index (Phi) is 8.84. The van der Waals surface area contributed by atoms with Crippen LogP contribution in [-0.2, 0) is 22.6 Å². The maximum absolute atomic E-state index is 13.2. The molecule has 0 aliphatic rings. The van der Waals surface area contributed by atoms with Gasteiger partial charge in [-0.3, -0.25) is 9.59 Å². The van der Waals surface area contributed by atoms with Crippen LogP contribution in [0.25, 0.3) is 0 Å². The maximum Gasteiger partial charge on any atom is 0.242 e. The highest BCUT2D eigenvalue weighted by Gasteiger charge is 2.28. The van der Waals surface area contributed by atoms with Crippen LogP contribution in [0, 0.1) is 11.7 Å². The van der Waals surface area contributed by atoms with Crippen LogP contribution < -0.4 is 10.1 Å². The van der Waals surface area contributed by atoms with Gasteiger partial charge in [0.1, 0.15) is 17.6 Å². The first kappa shape index (κ1) is 23.4. The Bertz CT molecular complexity index is 837. The molecule has 1 N–H and O–H groups in total. The topological polar surface area (TPSA) is 58.6 Å². The molecule has 0 aliphatic carbocycles. The molecule has 2 aromatic rings. The summed E-state index contributed by atoms with van der Waals surface area (Å²) in [5.41, 5.74) is 1.58. The third-order valence-electron chi connectivity index (χ3n) is 4.83. The first-order chi connectivity index (χ1) is 14.3. The summed E-state index contributed by atoms with van der Waals surface area (Å²) in [5, 5.41) is 2.94. The van der Waals surface area contributed by atoms with Gasteiger partial charge >= 0.3 is 0 Å². The second kappa shape index (κ2) is 11.3. The number of amides is 2. The normalized spacial score (nSPS) is 11.8. The van der Waals surface area contributed by atoms with Crippen LogP contribution >= 0.6 is 0 Å². The first-order valence-corrected chi connectivity index (χ1v) is 10.3. The van der Waals surface area contributed by atoms with Crippen molar-refractivity contribution in [2.24, 2.45) is 5.92 Å². The molecular weight excluding hydrogens is 383 g/mol. The number of carbonyl (C=O) groups excluding carboxylic acids is 2. The minimum Gasteiger partial charge on any atom is -0.497 e. The Labute approximate surface area is 178 Å². The van der Waals surface area contributed by atoms with Crippen molar-refractivity contribution in [2.75, 3.05) is 13.7 Å². The summed E-state index contributed by atoms with van der Waals surface area (Å²) in [6.45, 7) is 6.77. The maximum atomic E-state index is 13.2. The number of nitrogens with zero attached hydrogens (tertiary/aromatic N) is 1. The van der Waals surface area contributed by atoms with E-state index in [0.29, 0.717) is 30.2 Å². The summed E-state index contributed by atoms with van der Waals surface area (Å²) in [5.74, 6) is 0.306. The number of halogens is 1. The molecule has 30 heavy (non-hydrogen) atoms. The zero-order valence-corrected chi connectivity index (χ0v) is 18.2. The molecule has 5 nitrogen and oxygen atoms in total. The Hall–Kier alpha value is -2.89. The SMILES string of the molecule is CCC(C(=O)NCC(C)C)N(Cc1cccc(OC)c1)C(=O)Cc1ccc(F)cc1. The zero-order valence-electron chi connectivity index (χ0n) is 18.2. The third-order valence-corrected chi connectivity index (χ3v) is 4.83. The standard InChI is InChI=1S/C24H31FN2O3/c1-5-22(24(29)26-15-17(2)3)27(16-19-7-6-8-21(13-19)30-4)23(28)14-18-9-11-20(25)12-10-18/h6-13,17,22H,5,14-16H2,1-4H3,(H,26,29). The number of ether oxygens (including phenoxy) is 1. The molecule has 0 radical (unpaired) electrons. The van der Waals surface area contributed by atoms with Crippen molar-refractivity contribution in [3.63, 3.8) is 0 Å². The monoisotopic (exact) mass is 414 g/mol. The van der Waals surface area contributed by atoms with Gasteiger partial charge in [-0.25, -0.2) is 4.39 Å². The third kappa shape index (κ3) is 6.87. The zero-order chi connectivity index (χ0) is 22.1. The molecular formula is C24H31FN2O3. The van der Waals surface area contributed by atoms with E-state index in [-0.39, 0.29) is 30.6 Å². The van der Waals surface area contributed by atoms with Crippen molar-refractivity contribution in [3.8, 4) is 5.75 Å². The number of hydrogen-bond acceptors (Lipinski definition) is 3. The van der Waals surface area contributed by atoms with Gasteiger partial charge in [-0.15, -0.1) is 0 Å². The molecule has 1 unspecified atom stereocenters. The summed E-state index contributed by atoms with van der Waals surface area (Å²) in [6, 6.07) is 12.7. The van der Waals surface area contributed by atoms with Gasteiger partial charge in [-0.05, 0) is 47.7 Å². The van der Waals surface area contributed by atoms with E-state index in [2.05, 4.69) is 5.32 Å². The molecule has 2 amide bonds. The summed E-state index contributed by atoms with van der Waals surface area (Å²) >= 11 is 0. The van der Waals surface area contributed by atoms with E-state index in [1.807, 2.05) is 45.0 Å². The average Bonchev–Trinajstić information content (AvgIpc) is 2.73. The van der Waals surface area contributed by atoms with E-state index in [9.17, 15) is 14.0 Å². The lowest BCUT2D eigenvalue weighted by Gasteiger charge is -2.31. The van der Waals surface area contributed by atoms with Crippen LogP contribution in [0.2, 0.25) is 0 Å². The number of nitrogens with one attached hydrogen (secondary N) is 1. The quantitative estimate of drug-likeness (QED) is 0.640. The number of benzene rings is 2. The Morgan fingerprint density at radius 1 is 1.10 bits per heavy atom. The Morgan fingerprint density at radius 2 is 1.80 bits per heavy atom. The fraction of sp³-hybridized carbons (Fsp3) is 0.417. The van der Waals surface area contributed by atoms with E-state index in [1.165, 1.54) is 12.1 Å². The molecule has 0 saturated heterocycles. The molecule has 0 aliphatic heterocycles. The predicted octanol–water partition coefficient (Wildman–Crippen LogP) is 3.96. The molecule has 0 spiro atoms. The molecule has 0 bridgehead atoms. The molecule has 0 saturated carbocycles. The van der Waals surface area contributed by atoms with E-state index in [1.54, 1.807) is 24.1 Å². The molecule has 0 aromatic heterocycles. The molecule has 2 rings (SSSR count). The minimum absolute atomic E-state index is 0.0954. The Balaban J connectivity index is 2.27. The van der Waals surface area contributed by atoms with Crippen molar-refractivity contribution < 1.29 is 18.7 Å². The molecule has 162 valence electrons. The summed E-state index contributed by atoms with van der Waals surface area (Å²) in [7, 11) is 1.59. The smallest absolute Gasteiger partial charge is 0.242 e. The lowest BCUT2D eigenvalue weighted by molar-refractivity contribution is -0.141. The van der Waals surface area contributed by atoms with Gasteiger partial charge in [0.15, 0.2) is 0 Å². The number of methoxy groups -OCH3 is 1. The number of hydrogen-bond donors (Lipinski definition) is 1. The summed E-state index contributed by atoms with van der Waals surface area (Å²) in [4.78, 5) is 27.7. The Morgan fingerprint density at radius 3 is 2.40 bits per heavy atom. The molecule has 6 heteroatoms. The lowest BCUT2D eigenvalue weighted by atomic mass is 10.1. The van der Waals surface area contributed by atoms with Gasteiger partial charge in [-0.1, -0.05) is 45.0 Å². The highest BCUT2D eigenvalue weighted by atomic mass is 19.1. The van der Waals surface area contributed by atoms with E-state index >= 15 is 0 Å². The first-order valence-electron chi connectivity index (χ1n) is 10.3. The van der Waals surface area contributed by atoms with Crippen LogP contribution in [0.15, 0.2) is 48.5 Å². The minimum atomic E-state index is -0.595. The summed E-state index contributed by atoms with van der Waals surface area (Å²) in [6.07, 6.45) is 0.585. The fourth-order valence-electron chi connectivity index (χ4n) is 3.19. The van der Waals surface area contributed by atoms with Crippen LogP contribution in [0.1, 0.15) is 38.3 Å². The van der Waals surface area contributed by atoms with Gasteiger partial charge in [-0.2, -0.15) is 0 Å². The van der Waals surface area contributed by atoms with Gasteiger partial charge in [0.25, 0.3) is 0 Å². The summed E-state index contributed by atoms with van der Waals surface area (Å²) < 4.78 is 18.5. The van der Waals surface area contributed by atoms with E-state index in [4.69, 9.17) is 4.74 Å². The van der Waals surface area contributed by atoms with Gasteiger partial charge < -0.3 is 15.0 Å². The van der Waals surface area contributed by atoms with Crippen LogP contribution in [-0.4, -0.2) is 36.4 Å². The van der Waals surface area contributed by atoms with Gasteiger partial charge in [0.2, 0.25) is 11.8 Å². The van der Waals surface area contributed by atoms with E-state index < -0.39 is 6.04 Å². The van der Waals surface area contributed by atoms with Crippen molar-refractivity contribution >= 4 is 11.8 Å². The van der Waals surface area contributed by atoms with E-state index in [0.717, 1.165) is 5.56 Å². The second-order valence-corrected chi connectivity index (χ2v) is 7.74. The van der Waals surface area contributed by atoms with Crippen molar-refractivity contribution in [1.29, 1.82) is 0 Å². The number of rotatable bonds is 10. The predicted molar refractivity (Wildman–Crippen MR) is 116 cm³/mol. The van der Waals surface area contributed by atoms with Crippen LogP contribution in [0.4, 0.5) is 4.39 Å². The van der Waals surface area contributed by atoms with Gasteiger partial charge in [0.05, 0.1) is 13.5 Å². The second-order valence-electron chi connectivity index (χ2n) is 7.74. The fourth-order valence-corrected chi connectivity index (χ4v) is 3.19. The molecule has 0 fully saturated rings. The van der Waals surface area contributed by atoms with Crippen LogP contribution in [0.3, 0.4) is 0 Å². The molecule has 2 aromatic carbocycles. The molecule has 1 atom stereocenters. The highest BCUT2D eigenvalue weighted by molar-refractivity contribution is 5.88. The van der Waals surface area contributed by atoms with Crippen LogP contribution in [0.5, 0.6) is 5.75 Å². The number of carbonyl (C=O) groups is 2. The van der Waals surface area contributed by atoms with Gasteiger partial charge in [0, 0.05) is 13.1 Å². The lowest BCUT2D eigenvalue weighted by Crippen LogP contribution is -2.50. The van der Waals surface area contributed by atoms with Crippen molar-refractivity contribution in [3.05, 3.63) is 65.5 Å². The molecule has 0 heterocycles. The largest absolute Gasteiger partial charge is 0.497 e. The van der Waals surface area contributed by atoms with Crippen molar-refractivity contribution in [2.45, 2.75) is 46.2 Å².